The Bertz CT molecular complexity index is 393. The number of nitrogens with two attached hydrogens (primary N) is 1. The van der Waals surface area contributed by atoms with Crippen molar-refractivity contribution in [1.29, 1.82) is 0 Å². The summed E-state index contributed by atoms with van der Waals surface area (Å²) in [5.74, 6) is 0.809. The first-order valence-corrected chi connectivity index (χ1v) is 7.62. The Labute approximate surface area is 121 Å². The van der Waals surface area contributed by atoms with Crippen molar-refractivity contribution in [2.24, 2.45) is 5.73 Å². The van der Waals surface area contributed by atoms with Gasteiger partial charge in [0.2, 0.25) is 5.95 Å². The molecule has 5 nitrogen and oxygen atoms in total. The summed E-state index contributed by atoms with van der Waals surface area (Å²) in [6.45, 7) is 6.88. The van der Waals surface area contributed by atoms with E-state index >= 15 is 0 Å². The zero-order chi connectivity index (χ0) is 14.4. The third-order valence-corrected chi connectivity index (χ3v) is 3.47. The summed E-state index contributed by atoms with van der Waals surface area (Å²) in [4.78, 5) is 11.2. The molecule has 0 bridgehead atoms. The van der Waals surface area contributed by atoms with E-state index < -0.39 is 0 Å². The van der Waals surface area contributed by atoms with Crippen LogP contribution in [0.4, 0.5) is 5.95 Å². The van der Waals surface area contributed by atoms with Crippen molar-refractivity contribution in [2.75, 3.05) is 24.6 Å². The molecule has 0 radical (unpaired) electrons. The van der Waals surface area contributed by atoms with Gasteiger partial charge in [-0.25, -0.2) is 9.97 Å². The largest absolute Gasteiger partial charge is 0.376 e. The fourth-order valence-corrected chi connectivity index (χ4v) is 2.53. The normalized spacial score (nSPS) is 20.9. The summed E-state index contributed by atoms with van der Waals surface area (Å²) >= 11 is 0. The van der Waals surface area contributed by atoms with Crippen molar-refractivity contribution < 1.29 is 4.74 Å². The van der Waals surface area contributed by atoms with Gasteiger partial charge in [0.1, 0.15) is 0 Å². The summed E-state index contributed by atoms with van der Waals surface area (Å²) in [5.41, 5.74) is 6.88. The van der Waals surface area contributed by atoms with Crippen LogP contribution in [-0.2, 0) is 11.2 Å². The quantitative estimate of drug-likeness (QED) is 0.859. The maximum atomic E-state index is 5.85. The average molecular weight is 278 g/mol. The molecule has 0 aromatic carbocycles. The maximum absolute atomic E-state index is 5.85. The van der Waals surface area contributed by atoms with Crippen molar-refractivity contribution in [2.45, 2.75) is 51.7 Å². The standard InChI is InChI=1S/C15H26N4O/c1-3-7-20-14-5-4-6-19(11-14)15-17-9-13(10-18-15)8-12(2)16/h9-10,12,14H,3-8,11,16H2,1-2H3. The van der Waals surface area contributed by atoms with E-state index in [-0.39, 0.29) is 6.04 Å². The van der Waals surface area contributed by atoms with Crippen LogP contribution >= 0.6 is 0 Å². The minimum absolute atomic E-state index is 0.145. The Morgan fingerprint density at radius 3 is 2.85 bits per heavy atom. The van der Waals surface area contributed by atoms with Gasteiger partial charge in [0.15, 0.2) is 0 Å². The van der Waals surface area contributed by atoms with Crippen LogP contribution in [0, 0.1) is 0 Å². The summed E-state index contributed by atoms with van der Waals surface area (Å²) in [6.07, 6.45) is 8.26. The second-order valence-electron chi connectivity index (χ2n) is 5.65. The molecule has 0 spiro atoms. The van der Waals surface area contributed by atoms with Gasteiger partial charge in [0.05, 0.1) is 6.10 Å². The molecule has 1 aromatic rings. The van der Waals surface area contributed by atoms with Crippen LogP contribution in [0.5, 0.6) is 0 Å². The van der Waals surface area contributed by atoms with Gasteiger partial charge >= 0.3 is 0 Å². The third-order valence-electron chi connectivity index (χ3n) is 3.47. The number of piperidine rings is 1. The molecule has 5 heteroatoms. The zero-order valence-corrected chi connectivity index (χ0v) is 12.6. The van der Waals surface area contributed by atoms with E-state index in [0.29, 0.717) is 6.10 Å². The van der Waals surface area contributed by atoms with E-state index in [4.69, 9.17) is 10.5 Å². The lowest BCUT2D eigenvalue weighted by molar-refractivity contribution is 0.0437. The van der Waals surface area contributed by atoms with Crippen molar-refractivity contribution >= 4 is 5.95 Å². The van der Waals surface area contributed by atoms with E-state index in [9.17, 15) is 0 Å². The number of rotatable bonds is 6. The van der Waals surface area contributed by atoms with Gasteiger partial charge < -0.3 is 15.4 Å². The van der Waals surface area contributed by atoms with E-state index in [0.717, 1.165) is 56.9 Å². The molecule has 0 aliphatic carbocycles. The number of ether oxygens (including phenoxy) is 1. The second kappa shape index (κ2) is 7.55. The highest BCUT2D eigenvalue weighted by Crippen LogP contribution is 2.18. The van der Waals surface area contributed by atoms with E-state index in [1.807, 2.05) is 19.3 Å². The number of hydrogen-bond acceptors (Lipinski definition) is 5. The topological polar surface area (TPSA) is 64.3 Å². The molecule has 20 heavy (non-hydrogen) atoms. The van der Waals surface area contributed by atoms with Crippen molar-refractivity contribution in [3.05, 3.63) is 18.0 Å². The second-order valence-corrected chi connectivity index (χ2v) is 5.65. The molecule has 2 N–H and O–H groups in total. The van der Waals surface area contributed by atoms with Crippen LogP contribution in [0.3, 0.4) is 0 Å². The monoisotopic (exact) mass is 278 g/mol. The molecule has 2 unspecified atom stereocenters. The smallest absolute Gasteiger partial charge is 0.225 e. The van der Waals surface area contributed by atoms with Gasteiger partial charge in [-0.1, -0.05) is 6.92 Å². The Hall–Kier alpha value is -1.20. The number of nitrogens with zero attached hydrogens (tertiary/aromatic N) is 3. The van der Waals surface area contributed by atoms with Crippen molar-refractivity contribution in [1.82, 2.24) is 9.97 Å². The summed E-state index contributed by atoms with van der Waals surface area (Å²) in [6, 6.07) is 0.145. The Morgan fingerprint density at radius 2 is 2.20 bits per heavy atom. The molecule has 2 heterocycles. The average Bonchev–Trinajstić information content (AvgIpc) is 2.45. The van der Waals surface area contributed by atoms with Crippen LogP contribution < -0.4 is 10.6 Å². The van der Waals surface area contributed by atoms with Gasteiger partial charge in [-0.05, 0) is 38.2 Å². The Kier molecular flexibility index (Phi) is 5.73. The Balaban J connectivity index is 1.93. The first-order valence-electron chi connectivity index (χ1n) is 7.62. The molecule has 1 saturated heterocycles. The Morgan fingerprint density at radius 1 is 1.45 bits per heavy atom. The number of hydrogen-bond donors (Lipinski definition) is 1. The zero-order valence-electron chi connectivity index (χ0n) is 12.6. The van der Waals surface area contributed by atoms with E-state index in [2.05, 4.69) is 21.8 Å². The van der Waals surface area contributed by atoms with Crippen LogP contribution in [-0.4, -0.2) is 41.8 Å². The van der Waals surface area contributed by atoms with Gasteiger partial charge in [0, 0.05) is 38.1 Å². The fourth-order valence-electron chi connectivity index (χ4n) is 2.53. The van der Waals surface area contributed by atoms with Crippen LogP contribution in [0.1, 0.15) is 38.7 Å². The molecular weight excluding hydrogens is 252 g/mol. The minimum Gasteiger partial charge on any atom is -0.376 e. The van der Waals surface area contributed by atoms with Gasteiger partial charge in [-0.3, -0.25) is 0 Å². The lowest BCUT2D eigenvalue weighted by Crippen LogP contribution is -2.40. The minimum atomic E-state index is 0.145. The fraction of sp³-hybridized carbons (Fsp3) is 0.733. The number of anilines is 1. The highest BCUT2D eigenvalue weighted by Gasteiger charge is 2.21. The molecule has 112 valence electrons. The lowest BCUT2D eigenvalue weighted by atomic mass is 10.1. The highest BCUT2D eigenvalue weighted by molar-refractivity contribution is 5.31. The molecule has 1 aliphatic rings. The van der Waals surface area contributed by atoms with Gasteiger partial charge in [-0.15, -0.1) is 0 Å². The van der Waals surface area contributed by atoms with E-state index in [1.165, 1.54) is 0 Å². The van der Waals surface area contributed by atoms with Crippen LogP contribution in [0.25, 0.3) is 0 Å². The van der Waals surface area contributed by atoms with Crippen molar-refractivity contribution in [3.63, 3.8) is 0 Å². The molecule has 1 aromatic heterocycles. The summed E-state index contributed by atoms with van der Waals surface area (Å²) in [7, 11) is 0. The third kappa shape index (κ3) is 4.42. The first-order chi connectivity index (χ1) is 9.69. The predicted octanol–water partition coefficient (Wildman–Crippen LogP) is 1.76. The van der Waals surface area contributed by atoms with Gasteiger partial charge in [-0.2, -0.15) is 0 Å². The maximum Gasteiger partial charge on any atom is 0.225 e. The first kappa shape index (κ1) is 15.2. The van der Waals surface area contributed by atoms with Crippen LogP contribution in [0.2, 0.25) is 0 Å². The lowest BCUT2D eigenvalue weighted by Gasteiger charge is -2.32. The van der Waals surface area contributed by atoms with Gasteiger partial charge in [0.25, 0.3) is 0 Å². The van der Waals surface area contributed by atoms with Crippen molar-refractivity contribution in [3.8, 4) is 0 Å². The molecule has 1 fully saturated rings. The molecule has 1 aliphatic heterocycles. The molecule has 0 amide bonds. The van der Waals surface area contributed by atoms with E-state index in [1.54, 1.807) is 0 Å². The molecule has 2 atom stereocenters. The SMILES string of the molecule is CCCOC1CCCN(c2ncc(CC(C)N)cn2)C1. The molecule has 0 saturated carbocycles. The number of aromatic nitrogens is 2. The molecular formula is C15H26N4O. The molecule has 2 rings (SSSR count). The predicted molar refractivity (Wildman–Crippen MR) is 80.9 cm³/mol. The van der Waals surface area contributed by atoms with Crippen LogP contribution in [0.15, 0.2) is 12.4 Å². The summed E-state index contributed by atoms with van der Waals surface area (Å²) in [5, 5.41) is 0. The summed E-state index contributed by atoms with van der Waals surface area (Å²) < 4.78 is 5.85. The highest BCUT2D eigenvalue weighted by atomic mass is 16.5.